The molecule has 2 heterocycles. The molecule has 1 atom stereocenters. The molecule has 1 aromatic rings. The number of amides is 1. The van der Waals surface area contributed by atoms with Gasteiger partial charge in [0, 0.05) is 20.1 Å². The van der Waals surface area contributed by atoms with Crippen molar-refractivity contribution in [1.82, 2.24) is 14.7 Å². The first-order valence-electron chi connectivity index (χ1n) is 5.85. The van der Waals surface area contributed by atoms with E-state index in [4.69, 9.17) is 15.6 Å². The molecule has 7 heteroatoms. The number of ether oxygens (including phenoxy) is 1. The molecule has 1 saturated heterocycles. The molecule has 1 aromatic heterocycles. The van der Waals surface area contributed by atoms with Crippen molar-refractivity contribution in [3.8, 4) is 0 Å². The van der Waals surface area contributed by atoms with Crippen LogP contribution in [0.3, 0.4) is 0 Å². The summed E-state index contributed by atoms with van der Waals surface area (Å²) in [7, 11) is 1.70. The minimum Gasteiger partial charge on any atom is -0.395 e. The van der Waals surface area contributed by atoms with E-state index in [1.54, 1.807) is 18.9 Å². The van der Waals surface area contributed by atoms with Crippen LogP contribution in [0.2, 0.25) is 0 Å². The number of nitrogens with zero attached hydrogens (tertiary/aromatic N) is 3. The zero-order valence-corrected chi connectivity index (χ0v) is 10.6. The average molecular weight is 254 g/mol. The zero-order chi connectivity index (χ0) is 13.3. The van der Waals surface area contributed by atoms with Crippen LogP contribution in [0.4, 0.5) is 5.69 Å². The first kappa shape index (κ1) is 12.8. The maximum Gasteiger partial charge on any atom is 0.274 e. The van der Waals surface area contributed by atoms with Crippen molar-refractivity contribution in [3.05, 3.63) is 11.4 Å². The first-order valence-corrected chi connectivity index (χ1v) is 5.85. The lowest BCUT2D eigenvalue weighted by Gasteiger charge is -2.32. The highest BCUT2D eigenvalue weighted by Gasteiger charge is 2.28. The van der Waals surface area contributed by atoms with Gasteiger partial charge in [-0.1, -0.05) is 0 Å². The normalized spacial score (nSPS) is 20.2. The van der Waals surface area contributed by atoms with Crippen molar-refractivity contribution < 1.29 is 14.6 Å². The third-order valence-electron chi connectivity index (χ3n) is 3.10. The number of hydrogen-bond donors (Lipinski definition) is 2. The molecule has 18 heavy (non-hydrogen) atoms. The first-order chi connectivity index (χ1) is 8.54. The lowest BCUT2D eigenvalue weighted by molar-refractivity contribution is -0.0449. The second-order valence-corrected chi connectivity index (χ2v) is 4.40. The summed E-state index contributed by atoms with van der Waals surface area (Å²) in [5.41, 5.74) is 7.32. The topological polar surface area (TPSA) is 93.6 Å². The van der Waals surface area contributed by atoms with E-state index in [9.17, 15) is 4.79 Å². The number of nitrogens with two attached hydrogens (primary N) is 1. The largest absolute Gasteiger partial charge is 0.395 e. The molecule has 1 unspecified atom stereocenters. The number of aryl methyl sites for hydroxylation is 2. The summed E-state index contributed by atoms with van der Waals surface area (Å²) >= 11 is 0. The van der Waals surface area contributed by atoms with E-state index in [0.29, 0.717) is 36.8 Å². The number of carbonyl (C=O) groups excluding carboxylic acids is 1. The second kappa shape index (κ2) is 4.95. The van der Waals surface area contributed by atoms with Crippen molar-refractivity contribution in [2.24, 2.45) is 7.05 Å². The number of aromatic nitrogens is 2. The fraction of sp³-hybridized carbons (Fsp3) is 0.636. The quantitative estimate of drug-likeness (QED) is 0.716. The van der Waals surface area contributed by atoms with Gasteiger partial charge in [0.05, 0.1) is 30.7 Å². The molecule has 0 aromatic carbocycles. The van der Waals surface area contributed by atoms with Gasteiger partial charge in [-0.15, -0.1) is 0 Å². The molecule has 0 bridgehead atoms. The number of anilines is 1. The Hall–Kier alpha value is -1.60. The average Bonchev–Trinajstić information content (AvgIpc) is 2.62. The highest BCUT2D eigenvalue weighted by Crippen LogP contribution is 2.18. The SMILES string of the molecule is Cc1nn(C)c(C(=O)N2CCOC(CO)C2)c1N. The lowest BCUT2D eigenvalue weighted by atomic mass is 10.2. The Morgan fingerprint density at radius 3 is 2.94 bits per heavy atom. The number of rotatable bonds is 2. The number of aliphatic hydroxyl groups excluding tert-OH is 1. The summed E-state index contributed by atoms with van der Waals surface area (Å²) in [6.45, 7) is 2.97. The number of morpholine rings is 1. The molecule has 3 N–H and O–H groups in total. The summed E-state index contributed by atoms with van der Waals surface area (Å²) in [5.74, 6) is -0.169. The molecule has 1 amide bonds. The minimum atomic E-state index is -0.321. The monoisotopic (exact) mass is 254 g/mol. The van der Waals surface area contributed by atoms with E-state index >= 15 is 0 Å². The van der Waals surface area contributed by atoms with Gasteiger partial charge in [0.15, 0.2) is 0 Å². The molecular formula is C11H18N4O3. The Labute approximate surface area is 105 Å². The molecule has 100 valence electrons. The van der Waals surface area contributed by atoms with Gasteiger partial charge in [0.1, 0.15) is 5.69 Å². The predicted molar refractivity (Wildman–Crippen MR) is 65.1 cm³/mol. The van der Waals surface area contributed by atoms with Crippen molar-refractivity contribution in [1.29, 1.82) is 0 Å². The van der Waals surface area contributed by atoms with Crippen LogP contribution in [-0.4, -0.2) is 58.1 Å². The molecule has 0 radical (unpaired) electrons. The Morgan fingerprint density at radius 1 is 1.67 bits per heavy atom. The van der Waals surface area contributed by atoms with Gasteiger partial charge >= 0.3 is 0 Å². The van der Waals surface area contributed by atoms with Crippen LogP contribution in [0.5, 0.6) is 0 Å². The van der Waals surface area contributed by atoms with E-state index in [-0.39, 0.29) is 18.6 Å². The summed E-state index contributed by atoms with van der Waals surface area (Å²) in [5, 5.41) is 13.2. The van der Waals surface area contributed by atoms with E-state index in [0.717, 1.165) is 0 Å². The van der Waals surface area contributed by atoms with Gasteiger partial charge in [-0.25, -0.2) is 0 Å². The van der Waals surface area contributed by atoms with Crippen molar-refractivity contribution in [2.75, 3.05) is 32.0 Å². The summed E-state index contributed by atoms with van der Waals surface area (Å²) in [6.07, 6.45) is -0.321. The molecular weight excluding hydrogens is 236 g/mol. The van der Waals surface area contributed by atoms with Gasteiger partial charge in [0.25, 0.3) is 5.91 Å². The van der Waals surface area contributed by atoms with Crippen LogP contribution in [0.1, 0.15) is 16.2 Å². The highest BCUT2D eigenvalue weighted by atomic mass is 16.5. The Kier molecular flexibility index (Phi) is 3.53. The van der Waals surface area contributed by atoms with Crippen LogP contribution >= 0.6 is 0 Å². The van der Waals surface area contributed by atoms with Crippen LogP contribution in [0.15, 0.2) is 0 Å². The van der Waals surface area contributed by atoms with Crippen LogP contribution in [-0.2, 0) is 11.8 Å². The van der Waals surface area contributed by atoms with Gasteiger partial charge in [0.2, 0.25) is 0 Å². The Balaban J connectivity index is 2.20. The fourth-order valence-electron chi connectivity index (χ4n) is 2.09. The number of carbonyl (C=O) groups is 1. The smallest absolute Gasteiger partial charge is 0.274 e. The number of aliphatic hydroxyl groups is 1. The van der Waals surface area contributed by atoms with Crippen LogP contribution < -0.4 is 5.73 Å². The zero-order valence-electron chi connectivity index (χ0n) is 10.6. The van der Waals surface area contributed by atoms with E-state index in [1.165, 1.54) is 4.68 Å². The van der Waals surface area contributed by atoms with E-state index in [1.807, 2.05) is 0 Å². The van der Waals surface area contributed by atoms with Gasteiger partial charge in [-0.3, -0.25) is 9.48 Å². The highest BCUT2D eigenvalue weighted by molar-refractivity contribution is 5.98. The van der Waals surface area contributed by atoms with E-state index < -0.39 is 0 Å². The molecule has 0 spiro atoms. The molecule has 1 fully saturated rings. The molecule has 2 rings (SSSR count). The molecule has 1 aliphatic rings. The molecule has 7 nitrogen and oxygen atoms in total. The predicted octanol–water partition coefficient (Wildman–Crippen LogP) is -0.856. The van der Waals surface area contributed by atoms with Gasteiger partial charge in [-0.2, -0.15) is 5.10 Å². The second-order valence-electron chi connectivity index (χ2n) is 4.40. The maximum absolute atomic E-state index is 12.4. The van der Waals surface area contributed by atoms with Crippen molar-refractivity contribution in [3.63, 3.8) is 0 Å². The van der Waals surface area contributed by atoms with Gasteiger partial charge in [-0.05, 0) is 6.92 Å². The standard InChI is InChI=1S/C11H18N4O3/c1-7-9(12)10(14(2)13-7)11(17)15-3-4-18-8(5-15)6-16/h8,16H,3-6,12H2,1-2H3. The summed E-state index contributed by atoms with van der Waals surface area (Å²) in [4.78, 5) is 14.0. The number of nitrogen functional groups attached to an aromatic ring is 1. The Bertz CT molecular complexity index is 457. The molecule has 0 aliphatic carbocycles. The van der Waals surface area contributed by atoms with E-state index in [2.05, 4.69) is 5.10 Å². The summed E-state index contributed by atoms with van der Waals surface area (Å²) in [6, 6.07) is 0. The molecule has 0 saturated carbocycles. The number of hydrogen-bond acceptors (Lipinski definition) is 5. The Morgan fingerprint density at radius 2 is 2.39 bits per heavy atom. The van der Waals surface area contributed by atoms with Gasteiger partial charge < -0.3 is 20.5 Å². The summed E-state index contributed by atoms with van der Waals surface area (Å²) < 4.78 is 6.81. The third-order valence-corrected chi connectivity index (χ3v) is 3.10. The third kappa shape index (κ3) is 2.19. The fourth-order valence-corrected chi connectivity index (χ4v) is 2.09. The van der Waals surface area contributed by atoms with Crippen molar-refractivity contribution in [2.45, 2.75) is 13.0 Å². The minimum absolute atomic E-state index is 0.0936. The van der Waals surface area contributed by atoms with Crippen molar-refractivity contribution >= 4 is 11.6 Å². The van der Waals surface area contributed by atoms with Crippen LogP contribution in [0, 0.1) is 6.92 Å². The maximum atomic E-state index is 12.4. The van der Waals surface area contributed by atoms with Crippen LogP contribution in [0.25, 0.3) is 0 Å². The molecule has 1 aliphatic heterocycles. The lowest BCUT2D eigenvalue weighted by Crippen LogP contribution is -2.47.